The van der Waals surface area contributed by atoms with Crippen LogP contribution in [0.5, 0.6) is 0 Å². The number of carbonyl (C=O) groups is 1. The van der Waals surface area contributed by atoms with Crippen LogP contribution in [0.1, 0.15) is 130 Å². The monoisotopic (exact) mass is 743 g/mol. The van der Waals surface area contributed by atoms with Crippen molar-refractivity contribution in [3.05, 3.63) is 24.5 Å². The standard InChI is InChI=1S/C36H64Cl3NO8/c1-4-7-9-11-12-13-14-15-16-17-19-21-25-44-29(22-20-18-10-8-5-2)23-26-45-33-31(40-35(43)47-28-36(37,38)39)34(46-24-6-3)48-30(27-41)32(33)42/h6,13-14,24,29-34,41-42H,4-5,7-12,15-23,25-28H2,1-3H3,(H,40,43)/b14-13-,24-6?/t29-,30-,31-,32-,33-,34-/m1/s1. The van der Waals surface area contributed by atoms with E-state index in [4.69, 9.17) is 58.5 Å². The van der Waals surface area contributed by atoms with Gasteiger partial charge in [-0.3, -0.25) is 0 Å². The summed E-state index contributed by atoms with van der Waals surface area (Å²) in [7, 11) is 0. The highest BCUT2D eigenvalue weighted by atomic mass is 35.6. The molecule has 12 heteroatoms. The number of aliphatic hydroxyl groups is 2. The maximum absolute atomic E-state index is 12.6. The van der Waals surface area contributed by atoms with E-state index in [1.165, 1.54) is 70.5 Å². The zero-order valence-electron chi connectivity index (χ0n) is 29.6. The van der Waals surface area contributed by atoms with Crippen molar-refractivity contribution in [3.8, 4) is 0 Å². The predicted octanol–water partition coefficient (Wildman–Crippen LogP) is 9.08. The van der Waals surface area contributed by atoms with Gasteiger partial charge >= 0.3 is 6.09 Å². The molecule has 0 saturated carbocycles. The lowest BCUT2D eigenvalue weighted by atomic mass is 9.96. The van der Waals surface area contributed by atoms with E-state index >= 15 is 0 Å². The van der Waals surface area contributed by atoms with Gasteiger partial charge < -0.3 is 39.2 Å². The Morgan fingerprint density at radius 3 is 2.15 bits per heavy atom. The fraction of sp³-hybridized carbons (Fsp3) is 0.861. The molecule has 0 spiro atoms. The molecule has 1 amide bonds. The molecule has 1 rings (SSSR count). The van der Waals surface area contributed by atoms with E-state index in [1.54, 1.807) is 13.0 Å². The van der Waals surface area contributed by atoms with Gasteiger partial charge in [0.05, 0.1) is 19.0 Å². The van der Waals surface area contributed by atoms with Crippen molar-refractivity contribution in [2.24, 2.45) is 0 Å². The fourth-order valence-electron chi connectivity index (χ4n) is 5.53. The Bertz CT molecular complexity index is 845. The van der Waals surface area contributed by atoms with Gasteiger partial charge in [-0.25, -0.2) is 4.79 Å². The maximum atomic E-state index is 12.6. The number of amides is 1. The number of nitrogens with one attached hydrogen (secondary N) is 1. The van der Waals surface area contributed by atoms with Gasteiger partial charge in [0.2, 0.25) is 10.1 Å². The number of halogens is 3. The molecule has 0 aromatic carbocycles. The first-order valence-electron chi connectivity index (χ1n) is 18.3. The molecule has 1 heterocycles. The van der Waals surface area contributed by atoms with Gasteiger partial charge in [-0.05, 0) is 51.9 Å². The van der Waals surface area contributed by atoms with Crippen LogP contribution in [0.2, 0.25) is 0 Å². The summed E-state index contributed by atoms with van der Waals surface area (Å²) in [5.41, 5.74) is 0. The molecule has 0 radical (unpaired) electrons. The minimum absolute atomic E-state index is 0.00335. The number of aliphatic hydroxyl groups excluding tert-OH is 2. The normalized spacial score (nSPS) is 22.4. The van der Waals surface area contributed by atoms with Crippen molar-refractivity contribution in [1.82, 2.24) is 5.32 Å². The van der Waals surface area contributed by atoms with Crippen molar-refractivity contribution >= 4 is 40.9 Å². The second-order valence-electron chi connectivity index (χ2n) is 12.5. The number of unbranched alkanes of at least 4 members (excludes halogenated alkanes) is 12. The maximum Gasteiger partial charge on any atom is 0.407 e. The van der Waals surface area contributed by atoms with Crippen LogP contribution in [0.25, 0.3) is 0 Å². The molecule has 282 valence electrons. The summed E-state index contributed by atoms with van der Waals surface area (Å²) in [5.74, 6) is 0. The van der Waals surface area contributed by atoms with Crippen molar-refractivity contribution in [3.63, 3.8) is 0 Å². The van der Waals surface area contributed by atoms with Crippen molar-refractivity contribution in [2.45, 2.75) is 170 Å². The minimum Gasteiger partial charge on any atom is -0.471 e. The van der Waals surface area contributed by atoms with Gasteiger partial charge in [0.25, 0.3) is 0 Å². The Kier molecular flexibility index (Phi) is 27.2. The highest BCUT2D eigenvalue weighted by Crippen LogP contribution is 2.28. The van der Waals surface area contributed by atoms with Crippen LogP contribution in [-0.4, -0.2) is 83.3 Å². The van der Waals surface area contributed by atoms with Gasteiger partial charge in [0.15, 0.2) is 0 Å². The number of hydrogen-bond acceptors (Lipinski definition) is 8. The number of allylic oxidation sites excluding steroid dienone is 3. The van der Waals surface area contributed by atoms with E-state index in [-0.39, 0.29) is 12.7 Å². The Hall–Kier alpha value is -0.780. The average molecular weight is 745 g/mol. The van der Waals surface area contributed by atoms with Gasteiger partial charge in [0.1, 0.15) is 31.0 Å². The Morgan fingerprint density at radius 2 is 1.52 bits per heavy atom. The quantitative estimate of drug-likeness (QED) is 0.0315. The molecule has 9 nitrogen and oxygen atoms in total. The van der Waals surface area contributed by atoms with Gasteiger partial charge in [-0.1, -0.05) is 131 Å². The third-order valence-electron chi connectivity index (χ3n) is 8.24. The summed E-state index contributed by atoms with van der Waals surface area (Å²) in [5, 5.41) is 23.6. The summed E-state index contributed by atoms with van der Waals surface area (Å²) < 4.78 is 27.2. The molecule has 6 atom stereocenters. The molecular weight excluding hydrogens is 681 g/mol. The molecule has 0 aromatic heterocycles. The van der Waals surface area contributed by atoms with Crippen LogP contribution in [0.3, 0.4) is 0 Å². The third-order valence-corrected chi connectivity index (χ3v) is 8.57. The van der Waals surface area contributed by atoms with Crippen molar-refractivity contribution in [2.75, 3.05) is 26.4 Å². The van der Waals surface area contributed by atoms with E-state index in [1.807, 2.05) is 0 Å². The first-order chi connectivity index (χ1) is 23.2. The number of carbonyl (C=O) groups excluding carboxylic acids is 1. The molecule has 0 unspecified atom stereocenters. The van der Waals surface area contributed by atoms with E-state index in [9.17, 15) is 15.0 Å². The van der Waals surface area contributed by atoms with E-state index in [0.29, 0.717) is 13.0 Å². The van der Waals surface area contributed by atoms with E-state index in [0.717, 1.165) is 38.5 Å². The average Bonchev–Trinajstić information content (AvgIpc) is 3.06. The van der Waals surface area contributed by atoms with Crippen molar-refractivity contribution < 1.29 is 38.7 Å². The van der Waals surface area contributed by atoms with Gasteiger partial charge in [-0.15, -0.1) is 0 Å². The van der Waals surface area contributed by atoms with Crippen LogP contribution in [0, 0.1) is 0 Å². The summed E-state index contributed by atoms with van der Waals surface area (Å²) in [4.78, 5) is 12.6. The Balaban J connectivity index is 2.71. The molecule has 1 fully saturated rings. The van der Waals surface area contributed by atoms with Crippen LogP contribution in [0.15, 0.2) is 24.5 Å². The van der Waals surface area contributed by atoms with Crippen molar-refractivity contribution in [1.29, 1.82) is 0 Å². The summed E-state index contributed by atoms with van der Waals surface area (Å²) in [6.07, 6.45) is 22.0. The highest BCUT2D eigenvalue weighted by molar-refractivity contribution is 6.67. The number of hydrogen-bond donors (Lipinski definition) is 3. The second-order valence-corrected chi connectivity index (χ2v) is 15.0. The Labute approximate surface area is 305 Å². The first-order valence-corrected chi connectivity index (χ1v) is 19.4. The predicted molar refractivity (Wildman–Crippen MR) is 195 cm³/mol. The van der Waals surface area contributed by atoms with E-state index < -0.39 is 53.7 Å². The fourth-order valence-corrected chi connectivity index (χ4v) is 5.70. The molecular formula is C36H64Cl3NO8. The largest absolute Gasteiger partial charge is 0.471 e. The highest BCUT2D eigenvalue weighted by Gasteiger charge is 2.48. The zero-order chi connectivity index (χ0) is 35.5. The number of ether oxygens (including phenoxy) is 5. The van der Waals surface area contributed by atoms with Crippen LogP contribution in [-0.2, 0) is 23.7 Å². The van der Waals surface area contributed by atoms with Crippen LogP contribution >= 0.6 is 34.8 Å². The minimum atomic E-state index is -1.80. The summed E-state index contributed by atoms with van der Waals surface area (Å²) >= 11 is 17.2. The lowest BCUT2D eigenvalue weighted by Gasteiger charge is -2.43. The lowest BCUT2D eigenvalue weighted by Crippen LogP contribution is -2.65. The molecule has 3 N–H and O–H groups in total. The number of rotatable bonds is 28. The number of alkyl halides is 3. The SMILES string of the molecule is CC=CO[C@@H]1O[C@H](CO)[C@@H](O)[C@H](OCC[C@@H](CCCCCCC)OCCCCCC/C=C\CCCCCC)[C@H]1NC(=O)OCC(Cl)(Cl)Cl. The molecule has 0 aromatic rings. The summed E-state index contributed by atoms with van der Waals surface area (Å²) in [6.45, 7) is 6.19. The van der Waals surface area contributed by atoms with E-state index in [2.05, 4.69) is 31.3 Å². The molecule has 1 saturated heterocycles. The zero-order valence-corrected chi connectivity index (χ0v) is 31.9. The smallest absolute Gasteiger partial charge is 0.407 e. The molecule has 1 aliphatic heterocycles. The second kappa shape index (κ2) is 28.9. The van der Waals surface area contributed by atoms with Gasteiger partial charge in [-0.2, -0.15) is 0 Å². The molecule has 0 bridgehead atoms. The van der Waals surface area contributed by atoms with Crippen LogP contribution < -0.4 is 5.32 Å². The number of alkyl carbamates (subject to hydrolysis) is 1. The lowest BCUT2D eigenvalue weighted by molar-refractivity contribution is -0.263. The van der Waals surface area contributed by atoms with Crippen LogP contribution in [0.4, 0.5) is 4.79 Å². The van der Waals surface area contributed by atoms with Gasteiger partial charge in [0, 0.05) is 13.2 Å². The summed E-state index contributed by atoms with van der Waals surface area (Å²) in [6, 6.07) is -0.994. The molecule has 0 aliphatic carbocycles. The Morgan fingerprint density at radius 1 is 0.896 bits per heavy atom. The molecule has 48 heavy (non-hydrogen) atoms. The third kappa shape index (κ3) is 22.1. The topological polar surface area (TPSA) is 116 Å². The molecule has 1 aliphatic rings. The first kappa shape index (κ1) is 45.2.